The molecule has 0 spiro atoms. The SMILES string of the molecule is COc1ccc2c(c1)C[C@@H](NCCCn1cc(C)cn1)CC2. The van der Waals surface area contributed by atoms with Crippen molar-refractivity contribution in [2.75, 3.05) is 13.7 Å². The fourth-order valence-electron chi connectivity index (χ4n) is 3.17. The first-order valence-electron chi connectivity index (χ1n) is 8.13. The molecule has 1 aliphatic rings. The van der Waals surface area contributed by atoms with E-state index in [-0.39, 0.29) is 0 Å². The molecule has 0 saturated carbocycles. The molecule has 1 heterocycles. The van der Waals surface area contributed by atoms with Crippen LogP contribution >= 0.6 is 0 Å². The Balaban J connectivity index is 1.46. The first-order valence-corrected chi connectivity index (χ1v) is 8.13. The maximum atomic E-state index is 5.33. The molecular formula is C18H25N3O. The van der Waals surface area contributed by atoms with Crippen molar-refractivity contribution >= 4 is 0 Å². The normalized spacial score (nSPS) is 17.3. The highest BCUT2D eigenvalue weighted by Gasteiger charge is 2.18. The molecule has 0 unspecified atom stereocenters. The van der Waals surface area contributed by atoms with Gasteiger partial charge in [0.2, 0.25) is 0 Å². The van der Waals surface area contributed by atoms with E-state index >= 15 is 0 Å². The summed E-state index contributed by atoms with van der Waals surface area (Å²) in [5.74, 6) is 0.966. The van der Waals surface area contributed by atoms with Crippen LogP contribution in [-0.4, -0.2) is 29.5 Å². The Morgan fingerprint density at radius 3 is 3.05 bits per heavy atom. The smallest absolute Gasteiger partial charge is 0.119 e. The number of nitrogens with zero attached hydrogens (tertiary/aromatic N) is 2. The maximum Gasteiger partial charge on any atom is 0.119 e. The predicted molar refractivity (Wildman–Crippen MR) is 88.4 cm³/mol. The van der Waals surface area contributed by atoms with Crippen molar-refractivity contribution in [2.45, 2.75) is 45.2 Å². The standard InChI is InChI=1S/C18H25N3O/c1-14-12-20-21(13-14)9-3-8-19-17-6-4-15-5-7-18(22-2)11-16(15)10-17/h5,7,11-13,17,19H,3-4,6,8-10H2,1-2H3/t17-/m0/s1. The summed E-state index contributed by atoms with van der Waals surface area (Å²) in [4.78, 5) is 0. The first-order chi connectivity index (χ1) is 10.7. The molecule has 118 valence electrons. The molecule has 4 heteroatoms. The Morgan fingerprint density at radius 2 is 2.27 bits per heavy atom. The largest absolute Gasteiger partial charge is 0.497 e. The van der Waals surface area contributed by atoms with Crippen LogP contribution in [0.3, 0.4) is 0 Å². The van der Waals surface area contributed by atoms with E-state index in [4.69, 9.17) is 4.74 Å². The summed E-state index contributed by atoms with van der Waals surface area (Å²) >= 11 is 0. The van der Waals surface area contributed by atoms with Crippen molar-refractivity contribution in [3.05, 3.63) is 47.3 Å². The van der Waals surface area contributed by atoms with Gasteiger partial charge in [-0.05, 0) is 68.0 Å². The fourth-order valence-corrected chi connectivity index (χ4v) is 3.17. The summed E-state index contributed by atoms with van der Waals surface area (Å²) in [7, 11) is 1.73. The van der Waals surface area contributed by atoms with Crippen LogP contribution in [0.1, 0.15) is 29.5 Å². The molecule has 1 aromatic heterocycles. The predicted octanol–water partition coefficient (Wildman–Crippen LogP) is 2.74. The Labute approximate surface area is 132 Å². The summed E-state index contributed by atoms with van der Waals surface area (Å²) in [5, 5.41) is 8.02. The summed E-state index contributed by atoms with van der Waals surface area (Å²) < 4.78 is 7.36. The zero-order valence-corrected chi connectivity index (χ0v) is 13.5. The Morgan fingerprint density at radius 1 is 1.36 bits per heavy atom. The lowest BCUT2D eigenvalue weighted by molar-refractivity contribution is 0.410. The monoisotopic (exact) mass is 299 g/mol. The van der Waals surface area contributed by atoms with Gasteiger partial charge in [-0.15, -0.1) is 0 Å². The van der Waals surface area contributed by atoms with Crippen molar-refractivity contribution in [2.24, 2.45) is 0 Å². The van der Waals surface area contributed by atoms with Gasteiger partial charge >= 0.3 is 0 Å². The average molecular weight is 299 g/mol. The number of fused-ring (bicyclic) bond motifs is 1. The molecule has 4 nitrogen and oxygen atoms in total. The van der Waals surface area contributed by atoms with Crippen molar-refractivity contribution in [1.82, 2.24) is 15.1 Å². The quantitative estimate of drug-likeness (QED) is 0.834. The minimum atomic E-state index is 0.582. The Hall–Kier alpha value is -1.81. The third-order valence-corrected chi connectivity index (χ3v) is 4.40. The molecular weight excluding hydrogens is 274 g/mol. The van der Waals surface area contributed by atoms with Gasteiger partial charge in [0.1, 0.15) is 5.75 Å². The second kappa shape index (κ2) is 6.97. The fraction of sp³-hybridized carbons (Fsp3) is 0.500. The highest BCUT2D eigenvalue weighted by molar-refractivity contribution is 5.37. The highest BCUT2D eigenvalue weighted by Crippen LogP contribution is 2.25. The van der Waals surface area contributed by atoms with Gasteiger partial charge in [0.25, 0.3) is 0 Å². The second-order valence-electron chi connectivity index (χ2n) is 6.16. The van der Waals surface area contributed by atoms with Gasteiger partial charge in [-0.1, -0.05) is 6.07 Å². The van der Waals surface area contributed by atoms with E-state index in [0.29, 0.717) is 6.04 Å². The van der Waals surface area contributed by atoms with E-state index in [1.807, 2.05) is 10.9 Å². The van der Waals surface area contributed by atoms with Crippen molar-refractivity contribution in [3.8, 4) is 5.75 Å². The van der Waals surface area contributed by atoms with E-state index in [0.717, 1.165) is 38.1 Å². The number of hydrogen-bond donors (Lipinski definition) is 1. The lowest BCUT2D eigenvalue weighted by Crippen LogP contribution is -2.35. The highest BCUT2D eigenvalue weighted by atomic mass is 16.5. The first kappa shape index (κ1) is 15.1. The van der Waals surface area contributed by atoms with Gasteiger partial charge in [0, 0.05) is 18.8 Å². The van der Waals surface area contributed by atoms with Gasteiger partial charge in [-0.3, -0.25) is 4.68 Å². The Kier molecular flexibility index (Phi) is 4.78. The number of benzene rings is 1. The molecule has 1 N–H and O–H groups in total. The van der Waals surface area contributed by atoms with Crippen LogP contribution in [0, 0.1) is 6.92 Å². The zero-order chi connectivity index (χ0) is 15.4. The molecule has 0 amide bonds. The molecule has 0 radical (unpaired) electrons. The van der Waals surface area contributed by atoms with Crippen molar-refractivity contribution in [1.29, 1.82) is 0 Å². The third kappa shape index (κ3) is 3.69. The van der Waals surface area contributed by atoms with Gasteiger partial charge in [-0.2, -0.15) is 5.10 Å². The van der Waals surface area contributed by atoms with Crippen LogP contribution in [0.2, 0.25) is 0 Å². The molecule has 0 fully saturated rings. The van der Waals surface area contributed by atoms with Gasteiger partial charge in [0.15, 0.2) is 0 Å². The molecule has 1 aromatic carbocycles. The van der Waals surface area contributed by atoms with E-state index in [1.54, 1.807) is 7.11 Å². The number of ether oxygens (including phenoxy) is 1. The topological polar surface area (TPSA) is 39.1 Å². The molecule has 3 rings (SSSR count). The van der Waals surface area contributed by atoms with Crippen molar-refractivity contribution in [3.63, 3.8) is 0 Å². The number of nitrogens with one attached hydrogen (secondary N) is 1. The lowest BCUT2D eigenvalue weighted by atomic mass is 9.88. The molecule has 1 atom stereocenters. The van der Waals surface area contributed by atoms with Crippen LogP contribution in [0.4, 0.5) is 0 Å². The minimum Gasteiger partial charge on any atom is -0.497 e. The molecule has 0 saturated heterocycles. The van der Waals surface area contributed by atoms with E-state index < -0.39 is 0 Å². The zero-order valence-electron chi connectivity index (χ0n) is 13.5. The van der Waals surface area contributed by atoms with Crippen molar-refractivity contribution < 1.29 is 4.74 Å². The summed E-state index contributed by atoms with van der Waals surface area (Å²) in [5.41, 5.74) is 4.14. The van der Waals surface area contributed by atoms with Crippen LogP contribution < -0.4 is 10.1 Å². The van der Waals surface area contributed by atoms with Gasteiger partial charge in [0.05, 0.1) is 13.3 Å². The molecule has 0 bridgehead atoms. The Bertz CT molecular complexity index is 621. The van der Waals surface area contributed by atoms with E-state index in [1.165, 1.54) is 23.1 Å². The molecule has 2 aromatic rings. The van der Waals surface area contributed by atoms with Gasteiger partial charge in [-0.25, -0.2) is 0 Å². The molecule has 1 aliphatic carbocycles. The second-order valence-corrected chi connectivity index (χ2v) is 6.16. The summed E-state index contributed by atoms with van der Waals surface area (Å²) in [6.45, 7) is 4.11. The van der Waals surface area contributed by atoms with Crippen LogP contribution in [0.5, 0.6) is 5.75 Å². The van der Waals surface area contributed by atoms with Crippen LogP contribution in [-0.2, 0) is 19.4 Å². The molecule has 22 heavy (non-hydrogen) atoms. The van der Waals surface area contributed by atoms with Crippen LogP contribution in [0.15, 0.2) is 30.6 Å². The molecule has 0 aliphatic heterocycles. The number of methoxy groups -OCH3 is 1. The third-order valence-electron chi connectivity index (χ3n) is 4.40. The minimum absolute atomic E-state index is 0.582. The van der Waals surface area contributed by atoms with E-state index in [9.17, 15) is 0 Å². The average Bonchev–Trinajstić information content (AvgIpc) is 2.96. The number of aryl methyl sites for hydroxylation is 3. The number of rotatable bonds is 6. The number of hydrogen-bond acceptors (Lipinski definition) is 3. The summed E-state index contributed by atoms with van der Waals surface area (Å²) in [6.07, 6.45) is 8.62. The lowest BCUT2D eigenvalue weighted by Gasteiger charge is -2.26. The number of aromatic nitrogens is 2. The van der Waals surface area contributed by atoms with Gasteiger partial charge < -0.3 is 10.1 Å². The van der Waals surface area contributed by atoms with E-state index in [2.05, 4.69) is 41.7 Å². The summed E-state index contributed by atoms with van der Waals surface area (Å²) in [6, 6.07) is 7.05. The van der Waals surface area contributed by atoms with Crippen LogP contribution in [0.25, 0.3) is 0 Å². The maximum absolute atomic E-state index is 5.33.